The first-order chi connectivity index (χ1) is 17.6. The third-order valence-electron chi connectivity index (χ3n) is 6.83. The van der Waals surface area contributed by atoms with Crippen LogP contribution in [-0.2, 0) is 4.79 Å². The summed E-state index contributed by atoms with van der Waals surface area (Å²) in [4.78, 5) is 24.1. The lowest BCUT2D eigenvalue weighted by molar-refractivity contribution is -0.133. The number of thioether (sulfide) groups is 1. The molecule has 37 heavy (non-hydrogen) atoms. The monoisotopic (exact) mass is 557 g/mol. The number of halogens is 2. The van der Waals surface area contributed by atoms with Gasteiger partial charge in [-0.3, -0.25) is 9.79 Å². The summed E-state index contributed by atoms with van der Waals surface area (Å²) >= 11 is 13.8. The van der Waals surface area contributed by atoms with Crippen molar-refractivity contribution in [2.75, 3.05) is 10.7 Å². The van der Waals surface area contributed by atoms with Crippen molar-refractivity contribution in [1.29, 1.82) is 0 Å². The molecule has 1 fully saturated rings. The van der Waals surface area contributed by atoms with Crippen LogP contribution in [-0.4, -0.2) is 39.4 Å². The molecule has 1 N–H and O–H groups in total. The van der Waals surface area contributed by atoms with Gasteiger partial charge in [0, 0.05) is 15.7 Å². The molecule has 1 aliphatic carbocycles. The van der Waals surface area contributed by atoms with E-state index in [9.17, 15) is 9.90 Å². The van der Waals surface area contributed by atoms with Crippen LogP contribution >= 0.6 is 35.0 Å². The fraction of sp³-hybridized carbons (Fsp3) is 0.414. The van der Waals surface area contributed by atoms with E-state index in [1.54, 1.807) is 6.07 Å². The summed E-state index contributed by atoms with van der Waals surface area (Å²) in [6.45, 7) is 6.49. The Kier molecular flexibility index (Phi) is 8.72. The van der Waals surface area contributed by atoms with Crippen molar-refractivity contribution in [2.45, 2.75) is 64.5 Å². The number of carbonyl (C=O) groups is 1. The first-order valence-corrected chi connectivity index (χ1v) is 14.3. The molecule has 196 valence electrons. The molecule has 1 spiro atoms. The van der Waals surface area contributed by atoms with Gasteiger partial charge in [-0.25, -0.2) is 4.99 Å². The molecular formula is C29H33Cl2N3O2S. The Balaban J connectivity index is 1.80. The van der Waals surface area contributed by atoms with Crippen LogP contribution in [0.3, 0.4) is 0 Å². The Morgan fingerprint density at radius 2 is 1.86 bits per heavy atom. The van der Waals surface area contributed by atoms with E-state index in [-0.39, 0.29) is 17.2 Å². The highest BCUT2D eigenvalue weighted by atomic mass is 35.5. The van der Waals surface area contributed by atoms with E-state index in [4.69, 9.17) is 33.2 Å². The van der Waals surface area contributed by atoms with E-state index in [1.165, 1.54) is 18.2 Å². The minimum absolute atomic E-state index is 0.0524. The van der Waals surface area contributed by atoms with Crippen molar-refractivity contribution in [3.63, 3.8) is 0 Å². The molecule has 4 rings (SSSR count). The summed E-state index contributed by atoms with van der Waals surface area (Å²) in [5.41, 5.74) is 1.33. The van der Waals surface area contributed by atoms with E-state index in [0.717, 1.165) is 42.8 Å². The number of nitrogens with zero attached hydrogens (tertiary/aromatic N) is 3. The molecule has 2 aromatic carbocycles. The number of aliphatic imine (C=N–C) groups is 2. The molecule has 1 atom stereocenters. The summed E-state index contributed by atoms with van der Waals surface area (Å²) in [5, 5.41) is 11.3. The lowest BCUT2D eigenvalue weighted by Gasteiger charge is -2.43. The Labute approximate surface area is 233 Å². The minimum atomic E-state index is -0.862. The van der Waals surface area contributed by atoms with Crippen LogP contribution in [0.15, 0.2) is 64.6 Å². The summed E-state index contributed by atoms with van der Waals surface area (Å²) in [6, 6.07) is 15.5. The molecule has 2 aliphatic rings. The average Bonchev–Trinajstić information content (AvgIpc) is 3.13. The van der Waals surface area contributed by atoms with Crippen molar-refractivity contribution < 1.29 is 9.90 Å². The van der Waals surface area contributed by atoms with Crippen molar-refractivity contribution in [3.05, 3.63) is 70.2 Å². The van der Waals surface area contributed by atoms with Crippen molar-refractivity contribution in [1.82, 2.24) is 0 Å². The number of para-hydroxylation sites is 1. The van der Waals surface area contributed by atoms with Crippen LogP contribution in [0.25, 0.3) is 6.08 Å². The first-order valence-electron chi connectivity index (χ1n) is 12.6. The van der Waals surface area contributed by atoms with E-state index < -0.39 is 11.5 Å². The average molecular weight is 559 g/mol. The molecule has 1 aliphatic heterocycles. The molecule has 0 saturated heterocycles. The third-order valence-corrected chi connectivity index (χ3v) is 8.31. The van der Waals surface area contributed by atoms with Crippen LogP contribution in [0.5, 0.6) is 0 Å². The standard InChI is InChI=1S/C29H33Cl2N3O2S/c1-28(2,3)24(15-13-20-12-14-21(30)18-23(20)31)32-26-29(16-8-5-9-17-29)34(22-10-6-4-7-11-22)27(33-26)37-19-25(35)36/h4,6-7,10-15,18,24H,5,8-9,16-17,19H2,1-3H3,(H,35,36)/b15-13+,32-26?. The molecule has 5 nitrogen and oxygen atoms in total. The number of amidine groups is 2. The fourth-order valence-electron chi connectivity index (χ4n) is 4.91. The topological polar surface area (TPSA) is 65.3 Å². The maximum absolute atomic E-state index is 11.5. The van der Waals surface area contributed by atoms with Crippen molar-refractivity contribution >= 4 is 63.7 Å². The number of benzene rings is 2. The van der Waals surface area contributed by atoms with Crippen LogP contribution < -0.4 is 4.90 Å². The predicted molar refractivity (Wildman–Crippen MR) is 158 cm³/mol. The SMILES string of the molecule is CC(C)(C)C(/C=C/c1ccc(Cl)cc1Cl)N=C1N=C(SCC(=O)O)N(c2ccccc2)C12CCCCC2. The highest BCUT2D eigenvalue weighted by Crippen LogP contribution is 2.44. The number of hydrogen-bond acceptors (Lipinski definition) is 4. The third kappa shape index (κ3) is 6.42. The van der Waals surface area contributed by atoms with Gasteiger partial charge in [-0.15, -0.1) is 0 Å². The van der Waals surface area contributed by atoms with Gasteiger partial charge in [-0.2, -0.15) is 0 Å². The number of carboxylic acids is 1. The molecule has 0 amide bonds. The first kappa shape index (κ1) is 27.7. The molecule has 0 bridgehead atoms. The lowest BCUT2D eigenvalue weighted by Crippen LogP contribution is -2.53. The van der Waals surface area contributed by atoms with Crippen LogP contribution in [0.2, 0.25) is 10.0 Å². The predicted octanol–water partition coefficient (Wildman–Crippen LogP) is 8.22. The highest BCUT2D eigenvalue weighted by Gasteiger charge is 2.50. The fourth-order valence-corrected chi connectivity index (χ4v) is 6.19. The largest absolute Gasteiger partial charge is 0.481 e. The van der Waals surface area contributed by atoms with Gasteiger partial charge in [0.25, 0.3) is 0 Å². The number of aliphatic carboxylic acids is 1. The quantitative estimate of drug-likeness (QED) is 0.388. The second kappa shape index (κ2) is 11.6. The Morgan fingerprint density at radius 3 is 2.49 bits per heavy atom. The van der Waals surface area contributed by atoms with Gasteiger partial charge >= 0.3 is 5.97 Å². The molecular weight excluding hydrogens is 525 g/mol. The molecule has 0 aromatic heterocycles. The van der Waals surface area contributed by atoms with Crippen molar-refractivity contribution in [3.8, 4) is 0 Å². The van der Waals surface area contributed by atoms with Gasteiger partial charge in [-0.05, 0) is 48.1 Å². The van der Waals surface area contributed by atoms with E-state index >= 15 is 0 Å². The molecule has 2 aromatic rings. The maximum Gasteiger partial charge on any atom is 0.313 e. The highest BCUT2D eigenvalue weighted by molar-refractivity contribution is 8.14. The lowest BCUT2D eigenvalue weighted by atomic mass is 9.79. The smallest absolute Gasteiger partial charge is 0.313 e. The van der Waals surface area contributed by atoms with Crippen LogP contribution in [0.4, 0.5) is 5.69 Å². The number of rotatable bonds is 6. The zero-order valence-electron chi connectivity index (χ0n) is 21.5. The summed E-state index contributed by atoms with van der Waals surface area (Å²) < 4.78 is 0. The summed E-state index contributed by atoms with van der Waals surface area (Å²) in [5.74, 6) is -0.127. The van der Waals surface area contributed by atoms with E-state index in [2.05, 4.69) is 43.9 Å². The van der Waals surface area contributed by atoms with E-state index in [0.29, 0.717) is 15.2 Å². The number of anilines is 1. The normalized spacial score (nSPS) is 19.5. The Morgan fingerprint density at radius 1 is 1.16 bits per heavy atom. The van der Waals surface area contributed by atoms with Crippen LogP contribution in [0.1, 0.15) is 58.4 Å². The zero-order chi connectivity index (χ0) is 26.6. The zero-order valence-corrected chi connectivity index (χ0v) is 23.8. The Bertz CT molecular complexity index is 1220. The summed E-state index contributed by atoms with van der Waals surface area (Å²) in [7, 11) is 0. The van der Waals surface area contributed by atoms with Gasteiger partial charge < -0.3 is 10.0 Å². The van der Waals surface area contributed by atoms with Gasteiger partial charge in [-0.1, -0.05) is 111 Å². The Hall–Kier alpha value is -2.28. The van der Waals surface area contributed by atoms with Gasteiger partial charge in [0.2, 0.25) is 0 Å². The number of hydrogen-bond donors (Lipinski definition) is 1. The minimum Gasteiger partial charge on any atom is -0.481 e. The van der Waals surface area contributed by atoms with Gasteiger partial charge in [0.15, 0.2) is 11.0 Å². The second-order valence-electron chi connectivity index (χ2n) is 10.6. The van der Waals surface area contributed by atoms with Crippen LogP contribution in [0, 0.1) is 5.41 Å². The maximum atomic E-state index is 11.5. The summed E-state index contributed by atoms with van der Waals surface area (Å²) in [6.07, 6.45) is 9.25. The second-order valence-corrected chi connectivity index (χ2v) is 12.4. The number of carboxylic acid groups (broad SMARTS) is 1. The molecule has 1 saturated carbocycles. The molecule has 8 heteroatoms. The van der Waals surface area contributed by atoms with Gasteiger partial charge in [0.1, 0.15) is 5.54 Å². The van der Waals surface area contributed by atoms with Gasteiger partial charge in [0.05, 0.1) is 11.8 Å². The van der Waals surface area contributed by atoms with E-state index in [1.807, 2.05) is 36.4 Å². The van der Waals surface area contributed by atoms with Crippen molar-refractivity contribution in [2.24, 2.45) is 15.4 Å². The molecule has 1 heterocycles. The molecule has 1 unspecified atom stereocenters. The molecule has 0 radical (unpaired) electrons.